The highest BCUT2D eigenvalue weighted by molar-refractivity contribution is 5.99. The molecule has 1 fully saturated rings. The monoisotopic (exact) mass is 557 g/mol. The molecule has 1 aromatic heterocycles. The molecule has 4 N–H and O–H groups in total. The molecule has 1 aliphatic heterocycles. The summed E-state index contributed by atoms with van der Waals surface area (Å²) in [6.45, 7) is 4.12. The van der Waals surface area contributed by atoms with Crippen LogP contribution in [0.1, 0.15) is 42.7 Å². The molecule has 10 heteroatoms. The predicted molar refractivity (Wildman–Crippen MR) is 154 cm³/mol. The average molecular weight is 558 g/mol. The Bertz CT molecular complexity index is 1410. The van der Waals surface area contributed by atoms with Gasteiger partial charge in [0.25, 0.3) is 5.91 Å². The third kappa shape index (κ3) is 7.75. The third-order valence-corrected chi connectivity index (χ3v) is 7.18. The number of hydrogen-bond donors (Lipinski definition) is 4. The van der Waals surface area contributed by atoms with Gasteiger partial charge in [0.1, 0.15) is 24.1 Å². The number of benzene rings is 2. The molecule has 0 aliphatic carbocycles. The van der Waals surface area contributed by atoms with Gasteiger partial charge >= 0.3 is 0 Å². The minimum absolute atomic E-state index is 0.142. The molecule has 2 heterocycles. The van der Waals surface area contributed by atoms with E-state index in [1.165, 1.54) is 0 Å². The first kappa shape index (κ1) is 29.4. The van der Waals surface area contributed by atoms with Crippen LogP contribution in [0.4, 0.5) is 0 Å². The van der Waals surface area contributed by atoms with E-state index in [4.69, 9.17) is 0 Å². The van der Waals surface area contributed by atoms with Crippen LogP contribution in [0.3, 0.4) is 0 Å². The molecule has 214 valence electrons. The molecule has 4 rings (SSSR count). The fourth-order valence-electron chi connectivity index (χ4n) is 4.87. The van der Waals surface area contributed by atoms with Crippen molar-refractivity contribution in [1.82, 2.24) is 26.3 Å². The fourth-order valence-corrected chi connectivity index (χ4v) is 4.87. The molecule has 0 radical (unpaired) electrons. The largest absolute Gasteiger partial charge is 0.356 e. The van der Waals surface area contributed by atoms with Crippen LogP contribution in [0.2, 0.25) is 0 Å². The van der Waals surface area contributed by atoms with Crippen molar-refractivity contribution in [2.45, 2.75) is 51.2 Å². The number of carbonyl (C=O) groups excluding carboxylic acids is 5. The van der Waals surface area contributed by atoms with Crippen LogP contribution in [-0.2, 0) is 25.6 Å². The quantitative estimate of drug-likeness (QED) is 0.250. The Morgan fingerprint density at radius 2 is 1.68 bits per heavy atom. The van der Waals surface area contributed by atoms with Crippen molar-refractivity contribution < 1.29 is 24.0 Å². The Morgan fingerprint density at radius 3 is 2.37 bits per heavy atom. The summed E-state index contributed by atoms with van der Waals surface area (Å²) in [5, 5.41) is 11.9. The Balaban J connectivity index is 1.48. The van der Waals surface area contributed by atoms with Crippen molar-refractivity contribution >= 4 is 40.8 Å². The Hall–Kier alpha value is -4.60. The first-order valence-electron chi connectivity index (χ1n) is 13.8. The lowest BCUT2D eigenvalue weighted by atomic mass is 9.98. The highest BCUT2D eigenvalue weighted by Crippen LogP contribution is 2.16. The molecule has 1 unspecified atom stereocenters. The highest BCUT2D eigenvalue weighted by Gasteiger charge is 2.32. The molecular weight excluding hydrogens is 522 g/mol. The summed E-state index contributed by atoms with van der Waals surface area (Å²) in [5.74, 6) is -2.41. The van der Waals surface area contributed by atoms with E-state index in [0.717, 1.165) is 10.9 Å². The van der Waals surface area contributed by atoms with Crippen molar-refractivity contribution in [2.24, 2.45) is 11.8 Å². The lowest BCUT2D eigenvalue weighted by Crippen LogP contribution is -2.57. The maximum atomic E-state index is 13.5. The average Bonchev–Trinajstić information content (AvgIpc) is 3.38. The molecule has 0 spiro atoms. The molecule has 4 atom stereocenters. The van der Waals surface area contributed by atoms with E-state index in [2.05, 4.69) is 26.3 Å². The summed E-state index contributed by atoms with van der Waals surface area (Å²) < 4.78 is 0. The van der Waals surface area contributed by atoms with E-state index in [1.54, 1.807) is 32.0 Å². The minimum Gasteiger partial charge on any atom is -0.356 e. The first-order chi connectivity index (χ1) is 19.7. The molecule has 1 aliphatic rings. The maximum absolute atomic E-state index is 13.5. The van der Waals surface area contributed by atoms with E-state index in [9.17, 15) is 24.0 Å². The molecule has 10 nitrogen and oxygen atoms in total. The topological polar surface area (TPSA) is 146 Å². The van der Waals surface area contributed by atoms with Gasteiger partial charge in [-0.15, -0.1) is 0 Å². The summed E-state index contributed by atoms with van der Waals surface area (Å²) in [6.07, 6.45) is 1.54. The van der Waals surface area contributed by atoms with Gasteiger partial charge < -0.3 is 26.1 Å². The molecule has 2 aromatic carbocycles. The SMILES string of the molecule is CC(C)C(NC(=O)c1ccc2ccccc2n1)C(=O)N[C@@H](Cc1ccccc1)C(=O)N[C@H](C=O)C[C@@H]1CCNC1=O. The number of aromatic nitrogens is 1. The van der Waals surface area contributed by atoms with Crippen LogP contribution in [0.15, 0.2) is 66.7 Å². The van der Waals surface area contributed by atoms with Crippen LogP contribution in [-0.4, -0.2) is 59.6 Å². The predicted octanol–water partition coefficient (Wildman–Crippen LogP) is 1.93. The third-order valence-electron chi connectivity index (χ3n) is 7.18. The number of rotatable bonds is 12. The second-order valence-electron chi connectivity index (χ2n) is 10.6. The van der Waals surface area contributed by atoms with Crippen molar-refractivity contribution in [3.63, 3.8) is 0 Å². The molecular formula is C31H35N5O5. The second kappa shape index (κ2) is 13.6. The Kier molecular flexibility index (Phi) is 9.78. The number of pyridine rings is 1. The van der Waals surface area contributed by atoms with Gasteiger partial charge in [-0.05, 0) is 36.5 Å². The minimum atomic E-state index is -1.03. The summed E-state index contributed by atoms with van der Waals surface area (Å²) in [4.78, 5) is 68.2. The van der Waals surface area contributed by atoms with Crippen molar-refractivity contribution in [3.05, 3.63) is 78.0 Å². The normalized spacial score (nSPS) is 16.9. The van der Waals surface area contributed by atoms with E-state index < -0.39 is 35.8 Å². The number of hydrogen-bond acceptors (Lipinski definition) is 6. The van der Waals surface area contributed by atoms with Crippen LogP contribution < -0.4 is 21.3 Å². The fraction of sp³-hybridized carbons (Fsp3) is 0.355. The number of fused-ring (bicyclic) bond motifs is 1. The van der Waals surface area contributed by atoms with Crippen LogP contribution in [0, 0.1) is 11.8 Å². The highest BCUT2D eigenvalue weighted by atomic mass is 16.2. The molecule has 1 saturated heterocycles. The van der Waals surface area contributed by atoms with E-state index in [0.29, 0.717) is 24.8 Å². The van der Waals surface area contributed by atoms with Crippen LogP contribution in [0.25, 0.3) is 10.9 Å². The van der Waals surface area contributed by atoms with Crippen LogP contribution in [0.5, 0.6) is 0 Å². The number of carbonyl (C=O) groups is 5. The van der Waals surface area contributed by atoms with Crippen LogP contribution >= 0.6 is 0 Å². The van der Waals surface area contributed by atoms with E-state index in [1.807, 2.05) is 48.5 Å². The van der Waals surface area contributed by atoms with Gasteiger partial charge in [-0.25, -0.2) is 4.98 Å². The zero-order chi connectivity index (χ0) is 29.4. The lowest BCUT2D eigenvalue weighted by molar-refractivity contribution is -0.131. The van der Waals surface area contributed by atoms with Gasteiger partial charge in [-0.2, -0.15) is 0 Å². The summed E-state index contributed by atoms with van der Waals surface area (Å²) in [5.41, 5.74) is 1.63. The summed E-state index contributed by atoms with van der Waals surface area (Å²) >= 11 is 0. The molecule has 0 saturated carbocycles. The van der Waals surface area contributed by atoms with Crippen molar-refractivity contribution in [2.75, 3.05) is 6.54 Å². The number of nitrogens with one attached hydrogen (secondary N) is 4. The number of aldehydes is 1. The Labute approximate surface area is 238 Å². The molecule has 0 bridgehead atoms. The summed E-state index contributed by atoms with van der Waals surface area (Å²) in [6, 6.07) is 17.1. The standard InChI is InChI=1S/C31H35N5O5/c1-19(2)27(36-29(39)25-13-12-21-10-6-7-11-24(21)34-25)31(41)35-26(16-20-8-4-3-5-9-20)30(40)33-23(18-37)17-22-14-15-32-28(22)38/h3-13,18-19,22-23,26-27H,14-17H2,1-2H3,(H,32,38)(H,33,40)(H,35,41)(H,36,39)/t22-,23-,26-,27?/m0/s1. The van der Waals surface area contributed by atoms with Gasteiger partial charge in [-0.3, -0.25) is 19.2 Å². The van der Waals surface area contributed by atoms with Gasteiger partial charge in [0.2, 0.25) is 17.7 Å². The van der Waals surface area contributed by atoms with Gasteiger partial charge in [0.05, 0.1) is 11.6 Å². The number of nitrogens with zero attached hydrogens (tertiary/aromatic N) is 1. The van der Waals surface area contributed by atoms with E-state index in [-0.39, 0.29) is 36.3 Å². The zero-order valence-electron chi connectivity index (χ0n) is 23.1. The van der Waals surface area contributed by atoms with Gasteiger partial charge in [0.15, 0.2) is 0 Å². The zero-order valence-corrected chi connectivity index (χ0v) is 23.1. The maximum Gasteiger partial charge on any atom is 0.270 e. The summed E-state index contributed by atoms with van der Waals surface area (Å²) in [7, 11) is 0. The first-order valence-corrected chi connectivity index (χ1v) is 13.8. The lowest BCUT2D eigenvalue weighted by Gasteiger charge is -2.26. The molecule has 4 amide bonds. The molecule has 41 heavy (non-hydrogen) atoms. The van der Waals surface area contributed by atoms with Crippen molar-refractivity contribution in [1.29, 1.82) is 0 Å². The Morgan fingerprint density at radius 1 is 0.951 bits per heavy atom. The number of amides is 4. The van der Waals surface area contributed by atoms with Gasteiger partial charge in [-0.1, -0.05) is 68.4 Å². The van der Waals surface area contributed by atoms with Crippen molar-refractivity contribution in [3.8, 4) is 0 Å². The molecule has 3 aromatic rings. The van der Waals surface area contributed by atoms with E-state index >= 15 is 0 Å². The number of para-hydroxylation sites is 1. The smallest absolute Gasteiger partial charge is 0.270 e. The second-order valence-corrected chi connectivity index (χ2v) is 10.6. The van der Waals surface area contributed by atoms with Gasteiger partial charge in [0, 0.05) is 24.3 Å².